The van der Waals surface area contributed by atoms with Crippen LogP contribution in [0.3, 0.4) is 0 Å². The van der Waals surface area contributed by atoms with Gasteiger partial charge in [-0.15, -0.1) is 0 Å². The zero-order valence-electron chi connectivity index (χ0n) is 26.5. The number of para-hydroxylation sites is 2. The maximum absolute atomic E-state index is 14.6. The first-order valence-electron chi connectivity index (χ1n) is 15.5. The lowest BCUT2D eigenvalue weighted by molar-refractivity contribution is -0.157. The molecule has 0 unspecified atom stereocenters. The minimum Gasteiger partial charge on any atom is -0.460 e. The van der Waals surface area contributed by atoms with Gasteiger partial charge in [0.1, 0.15) is 16.9 Å². The van der Waals surface area contributed by atoms with Crippen molar-refractivity contribution in [2.24, 2.45) is 0 Å². The number of rotatable bonds is 10. The third-order valence-electron chi connectivity index (χ3n) is 7.87. The number of halogens is 1. The van der Waals surface area contributed by atoms with Crippen molar-refractivity contribution in [1.82, 2.24) is 9.13 Å². The molecule has 0 aliphatic heterocycles. The standard InChI is InChI=1S/C37H41FN2O5/c1-23(2)39-31(20-19-27(41)21-28(42)22-32(43)45-37(3,4)5)33(24-15-17-25(38)18-16-24)34-29-13-9-10-14-30(29)40(36(44)35(34)39)26-11-7-6-8-12-26/h6-18,23,27-28,41-42H,19-22H2,1-5H3/t27-,28-/m1/s1. The molecular formula is C37H41FN2O5. The van der Waals surface area contributed by atoms with E-state index >= 15 is 0 Å². The van der Waals surface area contributed by atoms with Gasteiger partial charge in [-0.05, 0) is 89.8 Å². The molecule has 8 heteroatoms. The third-order valence-corrected chi connectivity index (χ3v) is 7.87. The van der Waals surface area contributed by atoms with E-state index in [1.54, 1.807) is 37.5 Å². The van der Waals surface area contributed by atoms with Crippen LogP contribution in [-0.2, 0) is 16.0 Å². The largest absolute Gasteiger partial charge is 0.460 e. The predicted molar refractivity (Wildman–Crippen MR) is 176 cm³/mol. The zero-order valence-corrected chi connectivity index (χ0v) is 26.5. The van der Waals surface area contributed by atoms with Crippen molar-refractivity contribution in [2.45, 2.75) is 84.2 Å². The number of benzene rings is 3. The predicted octanol–water partition coefficient (Wildman–Crippen LogP) is 7.11. The van der Waals surface area contributed by atoms with E-state index in [0.717, 1.165) is 38.8 Å². The number of nitrogens with zero attached hydrogens (tertiary/aromatic N) is 2. The van der Waals surface area contributed by atoms with Gasteiger partial charge in [-0.2, -0.15) is 0 Å². The average molecular weight is 613 g/mol. The highest BCUT2D eigenvalue weighted by molar-refractivity contribution is 6.14. The molecule has 2 atom stereocenters. The second-order valence-corrected chi connectivity index (χ2v) is 12.9. The Labute approximate surface area is 262 Å². The van der Waals surface area contributed by atoms with Gasteiger partial charge in [0.2, 0.25) is 0 Å². The van der Waals surface area contributed by atoms with Gasteiger partial charge in [-0.25, -0.2) is 4.39 Å². The van der Waals surface area contributed by atoms with Crippen molar-refractivity contribution in [1.29, 1.82) is 0 Å². The molecule has 0 fully saturated rings. The summed E-state index contributed by atoms with van der Waals surface area (Å²) in [6.07, 6.45) is -1.56. The number of ether oxygens (including phenoxy) is 1. The Kier molecular flexibility index (Phi) is 9.28. The van der Waals surface area contributed by atoms with Crippen LogP contribution < -0.4 is 5.56 Å². The maximum Gasteiger partial charge on any atom is 0.308 e. The molecule has 0 saturated carbocycles. The zero-order chi connectivity index (χ0) is 32.5. The molecule has 0 aliphatic carbocycles. The molecule has 2 N–H and O–H groups in total. The Morgan fingerprint density at radius 1 is 0.911 bits per heavy atom. The van der Waals surface area contributed by atoms with E-state index in [0.29, 0.717) is 11.9 Å². The molecule has 7 nitrogen and oxygen atoms in total. The molecule has 5 rings (SSSR count). The normalized spacial score (nSPS) is 13.4. The minimum atomic E-state index is -1.07. The summed E-state index contributed by atoms with van der Waals surface area (Å²) in [5.74, 6) is -0.888. The number of pyridine rings is 1. The van der Waals surface area contributed by atoms with Crippen LogP contribution in [0, 0.1) is 5.82 Å². The van der Waals surface area contributed by atoms with Crippen molar-refractivity contribution in [3.63, 3.8) is 0 Å². The van der Waals surface area contributed by atoms with Crippen LogP contribution in [0.4, 0.5) is 4.39 Å². The van der Waals surface area contributed by atoms with E-state index in [4.69, 9.17) is 4.74 Å². The lowest BCUT2D eigenvalue weighted by Gasteiger charge is -2.22. The molecule has 236 valence electrons. The first-order chi connectivity index (χ1) is 21.4. The first-order valence-corrected chi connectivity index (χ1v) is 15.5. The van der Waals surface area contributed by atoms with Crippen molar-refractivity contribution < 1.29 is 24.1 Å². The quantitative estimate of drug-likeness (QED) is 0.164. The molecule has 5 aromatic rings. The Balaban J connectivity index is 1.65. The Morgan fingerprint density at radius 3 is 2.20 bits per heavy atom. The second-order valence-electron chi connectivity index (χ2n) is 12.9. The van der Waals surface area contributed by atoms with Gasteiger partial charge >= 0.3 is 5.97 Å². The van der Waals surface area contributed by atoms with Crippen molar-refractivity contribution >= 4 is 27.8 Å². The van der Waals surface area contributed by atoms with Gasteiger partial charge in [0.05, 0.1) is 24.1 Å². The van der Waals surface area contributed by atoms with Gasteiger partial charge in [-0.1, -0.05) is 48.5 Å². The van der Waals surface area contributed by atoms with Gasteiger partial charge in [0.25, 0.3) is 5.56 Å². The Bertz CT molecular complexity index is 1870. The summed E-state index contributed by atoms with van der Waals surface area (Å²) in [6, 6.07) is 23.4. The average Bonchev–Trinajstić information content (AvgIpc) is 3.32. The number of fused-ring (bicyclic) bond motifs is 3. The van der Waals surface area contributed by atoms with Gasteiger partial charge in [-0.3, -0.25) is 14.2 Å². The number of carbonyl (C=O) groups excluding carboxylic acids is 1. The molecule has 0 bridgehead atoms. The summed E-state index contributed by atoms with van der Waals surface area (Å²) in [6.45, 7) is 9.31. The minimum absolute atomic E-state index is 0.00320. The lowest BCUT2D eigenvalue weighted by atomic mass is 9.96. The molecular weight excluding hydrogens is 571 g/mol. The molecule has 2 aromatic heterocycles. The summed E-state index contributed by atoms with van der Waals surface area (Å²) >= 11 is 0. The van der Waals surface area contributed by atoms with E-state index in [1.165, 1.54) is 12.1 Å². The molecule has 0 radical (unpaired) electrons. The number of aliphatic hydroxyl groups excluding tert-OH is 2. The van der Waals surface area contributed by atoms with E-state index < -0.39 is 23.8 Å². The molecule has 3 aromatic carbocycles. The molecule has 0 spiro atoms. The highest BCUT2D eigenvalue weighted by Crippen LogP contribution is 2.41. The summed E-state index contributed by atoms with van der Waals surface area (Å²) in [5.41, 5.74) is 3.59. The SMILES string of the molecule is CC(C)n1c(CC[C@@H](O)C[C@@H](O)CC(=O)OC(C)(C)C)c(-c2ccc(F)cc2)c2c3ccccc3n(-c3ccccc3)c(=O)c21. The fourth-order valence-electron chi connectivity index (χ4n) is 6.18. The fourth-order valence-corrected chi connectivity index (χ4v) is 6.18. The number of aromatic nitrogens is 2. The molecule has 0 aliphatic rings. The lowest BCUT2D eigenvalue weighted by Crippen LogP contribution is -2.28. The first kappa shape index (κ1) is 32.1. The fraction of sp³-hybridized carbons (Fsp3) is 0.351. The topological polar surface area (TPSA) is 93.7 Å². The monoisotopic (exact) mass is 612 g/mol. The summed E-state index contributed by atoms with van der Waals surface area (Å²) < 4.78 is 23.2. The number of hydrogen-bond donors (Lipinski definition) is 2. The van der Waals surface area contributed by atoms with Crippen LogP contribution in [0.15, 0.2) is 83.7 Å². The van der Waals surface area contributed by atoms with Crippen LogP contribution in [0.5, 0.6) is 0 Å². The van der Waals surface area contributed by atoms with Crippen molar-refractivity contribution in [3.05, 3.63) is 101 Å². The third kappa shape index (κ3) is 6.87. The smallest absolute Gasteiger partial charge is 0.308 e. The summed E-state index contributed by atoms with van der Waals surface area (Å²) in [4.78, 5) is 26.8. The van der Waals surface area contributed by atoms with Gasteiger partial charge in [0.15, 0.2) is 0 Å². The van der Waals surface area contributed by atoms with Crippen LogP contribution >= 0.6 is 0 Å². The van der Waals surface area contributed by atoms with Crippen LogP contribution in [0.25, 0.3) is 38.6 Å². The highest BCUT2D eigenvalue weighted by Gasteiger charge is 2.27. The molecule has 0 amide bonds. The Morgan fingerprint density at radius 2 is 1.56 bits per heavy atom. The van der Waals surface area contributed by atoms with E-state index in [9.17, 15) is 24.2 Å². The molecule has 0 saturated heterocycles. The van der Waals surface area contributed by atoms with E-state index in [2.05, 4.69) is 0 Å². The van der Waals surface area contributed by atoms with Crippen LogP contribution in [0.1, 0.15) is 65.6 Å². The number of esters is 1. The van der Waals surface area contributed by atoms with Crippen LogP contribution in [-0.4, -0.2) is 43.1 Å². The van der Waals surface area contributed by atoms with Crippen LogP contribution in [0.2, 0.25) is 0 Å². The van der Waals surface area contributed by atoms with Crippen molar-refractivity contribution in [3.8, 4) is 16.8 Å². The van der Waals surface area contributed by atoms with Gasteiger partial charge < -0.3 is 19.5 Å². The number of hydrogen-bond acceptors (Lipinski definition) is 5. The second kappa shape index (κ2) is 13.0. The summed E-state index contributed by atoms with van der Waals surface area (Å²) in [7, 11) is 0. The highest BCUT2D eigenvalue weighted by atomic mass is 19.1. The van der Waals surface area contributed by atoms with E-state index in [-0.39, 0.29) is 36.7 Å². The number of carbonyl (C=O) groups is 1. The van der Waals surface area contributed by atoms with Gasteiger partial charge in [0, 0.05) is 33.8 Å². The maximum atomic E-state index is 14.6. The Hall–Kier alpha value is -4.27. The summed E-state index contributed by atoms with van der Waals surface area (Å²) in [5, 5.41) is 23.2. The van der Waals surface area contributed by atoms with Crippen molar-refractivity contribution in [2.75, 3.05) is 0 Å². The number of aliphatic hydroxyl groups is 2. The molecule has 2 heterocycles. The molecule has 45 heavy (non-hydrogen) atoms. The van der Waals surface area contributed by atoms with E-state index in [1.807, 2.05) is 73.0 Å².